The lowest BCUT2D eigenvalue weighted by Crippen LogP contribution is -2.49. The zero-order chi connectivity index (χ0) is 13.8. The number of rotatable bonds is 1. The maximum absolute atomic E-state index is 12.4. The van der Waals surface area contributed by atoms with E-state index < -0.39 is 18.1 Å². The molecule has 2 saturated heterocycles. The lowest BCUT2D eigenvalue weighted by molar-refractivity contribution is -0.141. The molecule has 6 heteroatoms. The molecular formula is C13H22N2O4. The number of urea groups is 1. The van der Waals surface area contributed by atoms with E-state index in [0.29, 0.717) is 13.1 Å². The largest absolute Gasteiger partial charge is 0.480 e. The van der Waals surface area contributed by atoms with Crippen molar-refractivity contribution in [1.29, 1.82) is 0 Å². The molecule has 2 N–H and O–H groups in total. The molecule has 0 aromatic heterocycles. The predicted molar refractivity (Wildman–Crippen MR) is 68.8 cm³/mol. The molecule has 0 unspecified atom stereocenters. The maximum atomic E-state index is 12.4. The van der Waals surface area contributed by atoms with Gasteiger partial charge in [-0.1, -0.05) is 19.3 Å². The lowest BCUT2D eigenvalue weighted by Gasteiger charge is -2.31. The Kier molecular flexibility index (Phi) is 4.63. The van der Waals surface area contributed by atoms with Crippen molar-refractivity contribution in [2.45, 2.75) is 50.7 Å². The van der Waals surface area contributed by atoms with Crippen LogP contribution < -0.4 is 0 Å². The summed E-state index contributed by atoms with van der Waals surface area (Å²) in [5, 5.41) is 18.7. The summed E-state index contributed by atoms with van der Waals surface area (Å²) in [4.78, 5) is 26.6. The van der Waals surface area contributed by atoms with E-state index in [1.807, 2.05) is 0 Å². The number of hydrogen-bond acceptors (Lipinski definition) is 3. The molecule has 19 heavy (non-hydrogen) atoms. The third-order valence-corrected chi connectivity index (χ3v) is 3.94. The number of β-amino-alcohol motifs (C(OH)–C–C–N with tert-alkyl or cyclic N) is 1. The number of carboxylic acids is 1. The van der Waals surface area contributed by atoms with Crippen LogP contribution in [0.15, 0.2) is 0 Å². The Morgan fingerprint density at radius 2 is 1.58 bits per heavy atom. The molecule has 6 nitrogen and oxygen atoms in total. The van der Waals surface area contributed by atoms with Gasteiger partial charge >= 0.3 is 12.0 Å². The molecule has 0 aromatic carbocycles. The van der Waals surface area contributed by atoms with Crippen LogP contribution in [0.5, 0.6) is 0 Å². The van der Waals surface area contributed by atoms with Crippen molar-refractivity contribution in [3.8, 4) is 0 Å². The van der Waals surface area contributed by atoms with E-state index in [1.54, 1.807) is 4.90 Å². The summed E-state index contributed by atoms with van der Waals surface area (Å²) in [6.07, 6.45) is 4.81. The average Bonchev–Trinajstić information content (AvgIpc) is 2.70. The van der Waals surface area contributed by atoms with Crippen LogP contribution in [0.25, 0.3) is 0 Å². The number of likely N-dealkylation sites (tertiary alicyclic amines) is 2. The van der Waals surface area contributed by atoms with Gasteiger partial charge in [-0.3, -0.25) is 0 Å². The van der Waals surface area contributed by atoms with Crippen LogP contribution in [-0.4, -0.2) is 63.8 Å². The lowest BCUT2D eigenvalue weighted by atomic mass is 10.1. The second-order valence-electron chi connectivity index (χ2n) is 5.43. The normalized spacial score (nSPS) is 28.9. The smallest absolute Gasteiger partial charge is 0.326 e. The fourth-order valence-corrected chi connectivity index (χ4v) is 2.88. The molecule has 2 fully saturated rings. The highest BCUT2D eigenvalue weighted by atomic mass is 16.4. The van der Waals surface area contributed by atoms with Crippen molar-refractivity contribution in [1.82, 2.24) is 9.80 Å². The first-order valence-electron chi connectivity index (χ1n) is 7.06. The van der Waals surface area contributed by atoms with Gasteiger partial charge in [0, 0.05) is 26.1 Å². The van der Waals surface area contributed by atoms with E-state index in [-0.39, 0.29) is 19.0 Å². The van der Waals surface area contributed by atoms with E-state index in [9.17, 15) is 14.7 Å². The van der Waals surface area contributed by atoms with Crippen LogP contribution in [0.4, 0.5) is 4.79 Å². The van der Waals surface area contributed by atoms with Crippen molar-refractivity contribution >= 4 is 12.0 Å². The highest BCUT2D eigenvalue weighted by Gasteiger charge is 2.40. The molecule has 2 heterocycles. The third kappa shape index (κ3) is 3.37. The van der Waals surface area contributed by atoms with Crippen LogP contribution in [-0.2, 0) is 4.79 Å². The summed E-state index contributed by atoms with van der Waals surface area (Å²) < 4.78 is 0. The van der Waals surface area contributed by atoms with Crippen LogP contribution in [0.1, 0.15) is 38.5 Å². The van der Waals surface area contributed by atoms with E-state index in [0.717, 1.165) is 25.7 Å². The Hall–Kier alpha value is -1.30. The molecule has 0 spiro atoms. The molecule has 2 rings (SSSR count). The quantitative estimate of drug-likeness (QED) is 0.741. The summed E-state index contributed by atoms with van der Waals surface area (Å²) in [5.74, 6) is -1.03. The molecule has 2 aliphatic heterocycles. The SMILES string of the molecule is O=C(O)[C@@H]1C[C@@H](O)CN1C(=O)N1CCCCCCC1. The minimum absolute atomic E-state index is 0.131. The molecule has 0 aliphatic carbocycles. The van der Waals surface area contributed by atoms with E-state index in [4.69, 9.17) is 5.11 Å². The Labute approximate surface area is 113 Å². The first-order valence-corrected chi connectivity index (χ1v) is 7.06. The molecule has 2 atom stereocenters. The van der Waals surface area contributed by atoms with Crippen molar-refractivity contribution < 1.29 is 19.8 Å². The Morgan fingerprint density at radius 1 is 1.00 bits per heavy atom. The standard InChI is InChI=1S/C13H22N2O4/c16-10-8-11(12(17)18)15(9-10)13(19)14-6-4-2-1-3-5-7-14/h10-11,16H,1-9H2,(H,17,18)/t10-,11+/m1/s1. The molecule has 0 saturated carbocycles. The summed E-state index contributed by atoms with van der Waals surface area (Å²) in [6.45, 7) is 1.52. The van der Waals surface area contributed by atoms with E-state index >= 15 is 0 Å². The third-order valence-electron chi connectivity index (χ3n) is 3.94. The van der Waals surface area contributed by atoms with Crippen molar-refractivity contribution in [3.05, 3.63) is 0 Å². The van der Waals surface area contributed by atoms with Gasteiger partial charge in [0.15, 0.2) is 0 Å². The summed E-state index contributed by atoms with van der Waals surface area (Å²) in [7, 11) is 0. The van der Waals surface area contributed by atoms with Crippen LogP contribution in [0, 0.1) is 0 Å². The van der Waals surface area contributed by atoms with Gasteiger partial charge in [-0.25, -0.2) is 9.59 Å². The van der Waals surface area contributed by atoms with Gasteiger partial charge in [0.25, 0.3) is 0 Å². The Morgan fingerprint density at radius 3 is 2.16 bits per heavy atom. The number of carbonyl (C=O) groups is 2. The Bertz CT molecular complexity index is 340. The van der Waals surface area contributed by atoms with Crippen molar-refractivity contribution in [2.24, 2.45) is 0 Å². The minimum atomic E-state index is -1.03. The van der Waals surface area contributed by atoms with Gasteiger partial charge in [0.1, 0.15) is 6.04 Å². The van der Waals surface area contributed by atoms with E-state index in [2.05, 4.69) is 0 Å². The van der Waals surface area contributed by atoms with Crippen LogP contribution >= 0.6 is 0 Å². The van der Waals surface area contributed by atoms with Crippen LogP contribution in [0.3, 0.4) is 0 Å². The van der Waals surface area contributed by atoms with Crippen molar-refractivity contribution in [2.75, 3.05) is 19.6 Å². The van der Waals surface area contributed by atoms with Gasteiger partial charge in [0.2, 0.25) is 0 Å². The zero-order valence-electron chi connectivity index (χ0n) is 11.1. The highest BCUT2D eigenvalue weighted by molar-refractivity contribution is 5.83. The number of aliphatic carboxylic acids is 1. The van der Waals surface area contributed by atoms with Gasteiger partial charge in [-0.15, -0.1) is 0 Å². The van der Waals surface area contributed by atoms with Crippen LogP contribution in [0.2, 0.25) is 0 Å². The van der Waals surface area contributed by atoms with Gasteiger partial charge in [0.05, 0.1) is 6.10 Å². The molecule has 108 valence electrons. The Balaban J connectivity index is 2.02. The number of nitrogens with zero attached hydrogens (tertiary/aromatic N) is 2. The first kappa shape index (κ1) is 14.1. The molecule has 0 radical (unpaired) electrons. The first-order chi connectivity index (χ1) is 9.09. The second-order valence-corrected chi connectivity index (χ2v) is 5.43. The molecule has 0 aromatic rings. The van der Waals surface area contributed by atoms with Crippen molar-refractivity contribution in [3.63, 3.8) is 0 Å². The number of carbonyl (C=O) groups excluding carboxylic acids is 1. The fourth-order valence-electron chi connectivity index (χ4n) is 2.88. The summed E-state index contributed by atoms with van der Waals surface area (Å²) in [5.41, 5.74) is 0. The minimum Gasteiger partial charge on any atom is -0.480 e. The highest BCUT2D eigenvalue weighted by Crippen LogP contribution is 2.21. The fraction of sp³-hybridized carbons (Fsp3) is 0.846. The number of hydrogen-bond donors (Lipinski definition) is 2. The molecule has 2 amide bonds. The van der Waals surface area contributed by atoms with Gasteiger partial charge in [-0.2, -0.15) is 0 Å². The number of aliphatic hydroxyl groups excluding tert-OH is 1. The maximum Gasteiger partial charge on any atom is 0.326 e. The van der Waals surface area contributed by atoms with E-state index in [1.165, 1.54) is 11.3 Å². The molecule has 0 bridgehead atoms. The molecule has 2 aliphatic rings. The topological polar surface area (TPSA) is 81.1 Å². The summed E-state index contributed by atoms with van der Waals surface area (Å²) in [6, 6.07) is -1.11. The number of amides is 2. The van der Waals surface area contributed by atoms with Gasteiger partial charge < -0.3 is 20.0 Å². The average molecular weight is 270 g/mol. The molecular weight excluding hydrogens is 248 g/mol. The summed E-state index contributed by atoms with van der Waals surface area (Å²) >= 11 is 0. The number of carboxylic acid groups (broad SMARTS) is 1. The zero-order valence-corrected chi connectivity index (χ0v) is 11.1. The number of aliphatic hydroxyl groups is 1. The van der Waals surface area contributed by atoms with Gasteiger partial charge in [-0.05, 0) is 12.8 Å². The monoisotopic (exact) mass is 270 g/mol. The second kappa shape index (κ2) is 6.23. The predicted octanol–water partition coefficient (Wildman–Crippen LogP) is 0.892.